The molecule has 3 unspecified atom stereocenters. The third kappa shape index (κ3) is 9.73. The van der Waals surface area contributed by atoms with E-state index in [9.17, 15) is 15.0 Å². The molecule has 278 valence electrons. The summed E-state index contributed by atoms with van der Waals surface area (Å²) in [6.07, 6.45) is 34.0. The number of fused-ring (bicyclic) bond motifs is 5. The summed E-state index contributed by atoms with van der Waals surface area (Å²) >= 11 is 0. The highest BCUT2D eigenvalue weighted by Gasteiger charge is 2.63. The lowest BCUT2D eigenvalue weighted by molar-refractivity contribution is -0.180. The molecule has 4 aliphatic carbocycles. The molecule has 4 fully saturated rings. The van der Waals surface area contributed by atoms with Gasteiger partial charge in [0.25, 0.3) is 0 Å². The summed E-state index contributed by atoms with van der Waals surface area (Å²) in [7, 11) is 0. The van der Waals surface area contributed by atoms with Crippen LogP contribution in [0.2, 0.25) is 0 Å². The van der Waals surface area contributed by atoms with Gasteiger partial charge in [0.15, 0.2) is 0 Å². The Morgan fingerprint density at radius 3 is 2.06 bits per heavy atom. The van der Waals surface area contributed by atoms with Gasteiger partial charge in [-0.3, -0.25) is 4.79 Å². The minimum Gasteiger partial charge on any atom is -0.481 e. The van der Waals surface area contributed by atoms with Crippen molar-refractivity contribution in [3.05, 3.63) is 12.2 Å². The minimum atomic E-state index is -0.592. The number of carboxylic acids is 1. The van der Waals surface area contributed by atoms with Gasteiger partial charge in [0.05, 0.1) is 12.0 Å². The Morgan fingerprint density at radius 2 is 1.40 bits per heavy atom. The molecule has 0 saturated heterocycles. The normalized spacial score (nSPS) is 36.1. The fourth-order valence-electron chi connectivity index (χ4n) is 12.8. The molecule has 0 aromatic heterocycles. The molecule has 4 aliphatic rings. The highest BCUT2D eigenvalue weighted by molar-refractivity contribution is 5.70. The Kier molecular flexibility index (Phi) is 15.9. The Labute approximate surface area is 298 Å². The molecule has 0 bridgehead atoms. The number of aliphatic hydroxyl groups excluding tert-OH is 1. The van der Waals surface area contributed by atoms with E-state index < -0.39 is 5.97 Å². The maximum absolute atomic E-state index is 13.0. The summed E-state index contributed by atoms with van der Waals surface area (Å²) in [4.78, 5) is 13.0. The van der Waals surface area contributed by atoms with E-state index in [1.807, 2.05) is 0 Å². The van der Waals surface area contributed by atoms with E-state index in [1.165, 1.54) is 116 Å². The van der Waals surface area contributed by atoms with Crippen LogP contribution in [0.4, 0.5) is 0 Å². The fraction of sp³-hybridized carbons (Fsp3) is 0.933. The molecule has 0 aromatic carbocycles. The highest BCUT2D eigenvalue weighted by Crippen LogP contribution is 2.70. The molecule has 4 saturated carbocycles. The summed E-state index contributed by atoms with van der Waals surface area (Å²) in [5, 5.41) is 21.9. The molecule has 4 rings (SSSR count). The number of aliphatic carboxylic acids is 1. The van der Waals surface area contributed by atoms with Crippen molar-refractivity contribution in [3.63, 3.8) is 0 Å². The summed E-state index contributed by atoms with van der Waals surface area (Å²) in [6.45, 7) is 14.8. The Hall–Kier alpha value is -0.830. The number of carboxylic acid groups (broad SMARTS) is 1. The molecular weight excluding hydrogens is 588 g/mol. The topological polar surface area (TPSA) is 57.5 Å². The molecule has 0 amide bonds. The molecule has 3 heteroatoms. The second-order valence-electron chi connectivity index (χ2n) is 18.7. The van der Waals surface area contributed by atoms with Crippen LogP contribution in [0.3, 0.4) is 0 Å². The molecule has 0 aliphatic heterocycles. The van der Waals surface area contributed by atoms with Crippen molar-refractivity contribution in [3.8, 4) is 0 Å². The van der Waals surface area contributed by atoms with Crippen LogP contribution >= 0.6 is 0 Å². The monoisotopic (exact) mass is 669 g/mol. The first-order chi connectivity index (χ1) is 23.0. The van der Waals surface area contributed by atoms with Crippen LogP contribution in [0.5, 0.6) is 0 Å². The molecule has 0 spiro atoms. The SMILES string of the molecule is CCCCCCCC/C=C\CCCCCCC(C(=O)O)C1C[C@@H](O)CC2CC[C@@H]3[C@H](CC[C@]4(C)[C@@H]([C@H](C)CCCC(C)C)CC[C@@H]34)[C@@]21C. The van der Waals surface area contributed by atoms with Gasteiger partial charge >= 0.3 is 5.97 Å². The van der Waals surface area contributed by atoms with Gasteiger partial charge in [-0.1, -0.05) is 124 Å². The number of aliphatic hydroxyl groups is 1. The zero-order valence-corrected chi connectivity index (χ0v) is 32.7. The number of hydrogen-bond acceptors (Lipinski definition) is 2. The lowest BCUT2D eigenvalue weighted by Crippen LogP contribution is -2.59. The third-order valence-electron chi connectivity index (χ3n) is 15.4. The van der Waals surface area contributed by atoms with E-state index >= 15 is 0 Å². The second-order valence-corrected chi connectivity index (χ2v) is 18.7. The average molecular weight is 669 g/mol. The van der Waals surface area contributed by atoms with Gasteiger partial charge in [-0.15, -0.1) is 0 Å². The van der Waals surface area contributed by atoms with Crippen molar-refractivity contribution < 1.29 is 15.0 Å². The van der Waals surface area contributed by atoms with Gasteiger partial charge in [-0.25, -0.2) is 0 Å². The average Bonchev–Trinajstić information content (AvgIpc) is 3.40. The van der Waals surface area contributed by atoms with Crippen molar-refractivity contribution in [1.82, 2.24) is 0 Å². The predicted molar refractivity (Wildman–Crippen MR) is 204 cm³/mol. The number of allylic oxidation sites excluding steroid dienone is 2. The summed E-state index contributed by atoms with van der Waals surface area (Å²) < 4.78 is 0. The molecule has 0 aromatic rings. The summed E-state index contributed by atoms with van der Waals surface area (Å²) in [5.41, 5.74) is 0.509. The maximum atomic E-state index is 13.0. The van der Waals surface area contributed by atoms with Gasteiger partial charge < -0.3 is 10.2 Å². The number of unbranched alkanes of at least 4 members (excludes halogenated alkanes) is 10. The van der Waals surface area contributed by atoms with Crippen LogP contribution in [-0.4, -0.2) is 22.3 Å². The van der Waals surface area contributed by atoms with E-state index in [0.717, 1.165) is 61.7 Å². The van der Waals surface area contributed by atoms with Crippen molar-refractivity contribution in [2.75, 3.05) is 0 Å². The summed E-state index contributed by atoms with van der Waals surface area (Å²) in [6, 6.07) is 0. The van der Waals surface area contributed by atoms with E-state index in [1.54, 1.807) is 0 Å². The third-order valence-corrected chi connectivity index (χ3v) is 15.4. The Balaban J connectivity index is 1.32. The van der Waals surface area contributed by atoms with Crippen molar-refractivity contribution in [2.45, 2.75) is 202 Å². The molecule has 11 atom stereocenters. The Bertz CT molecular complexity index is 971. The first-order valence-electron chi connectivity index (χ1n) is 21.6. The lowest BCUT2D eigenvalue weighted by atomic mass is 9.41. The number of hydrogen-bond donors (Lipinski definition) is 2. The molecule has 48 heavy (non-hydrogen) atoms. The van der Waals surface area contributed by atoms with Crippen LogP contribution in [0.15, 0.2) is 12.2 Å². The summed E-state index contributed by atoms with van der Waals surface area (Å²) in [5.74, 6) is 4.35. The van der Waals surface area contributed by atoms with Crippen molar-refractivity contribution >= 4 is 5.97 Å². The van der Waals surface area contributed by atoms with Crippen LogP contribution in [0.1, 0.15) is 196 Å². The molecular formula is C45H80O3. The largest absolute Gasteiger partial charge is 0.481 e. The van der Waals surface area contributed by atoms with Gasteiger partial charge in [0.2, 0.25) is 0 Å². The van der Waals surface area contributed by atoms with Crippen molar-refractivity contribution in [2.24, 2.45) is 64.1 Å². The lowest BCUT2D eigenvalue weighted by Gasteiger charge is -2.64. The molecule has 0 radical (unpaired) electrons. The Morgan fingerprint density at radius 1 is 0.729 bits per heavy atom. The van der Waals surface area contributed by atoms with Gasteiger partial charge in [0.1, 0.15) is 0 Å². The quantitative estimate of drug-likeness (QED) is 0.0945. The van der Waals surface area contributed by atoms with Gasteiger partial charge in [-0.2, -0.15) is 0 Å². The standard InChI is InChI=1S/C45H80O3/c1-7-8-9-10-11-12-13-14-15-16-17-18-19-20-24-38(43(47)48)42-32-36(46)31-35-25-26-37-40-28-27-39(34(4)23-21-22-33(2)3)44(40,5)30-29-41(37)45(35,42)6/h14-15,33-42,46H,7-13,16-32H2,1-6H3,(H,47,48)/b15-14-/t34-,35?,36+,37+,38?,39-,40+,41+,42?,44-,45-/m1/s1. The highest BCUT2D eigenvalue weighted by atomic mass is 16.4. The van der Waals surface area contributed by atoms with Crippen LogP contribution < -0.4 is 0 Å². The van der Waals surface area contributed by atoms with E-state index in [4.69, 9.17) is 0 Å². The van der Waals surface area contributed by atoms with Crippen LogP contribution in [0.25, 0.3) is 0 Å². The van der Waals surface area contributed by atoms with Crippen LogP contribution in [-0.2, 0) is 4.79 Å². The fourth-order valence-corrected chi connectivity index (χ4v) is 12.8. The van der Waals surface area contributed by atoms with Crippen LogP contribution in [0, 0.1) is 64.1 Å². The zero-order valence-electron chi connectivity index (χ0n) is 32.7. The first kappa shape index (κ1) is 39.9. The smallest absolute Gasteiger partial charge is 0.306 e. The van der Waals surface area contributed by atoms with E-state index in [2.05, 4.69) is 53.7 Å². The number of rotatable bonds is 21. The molecule has 3 nitrogen and oxygen atoms in total. The minimum absolute atomic E-state index is 0.0499. The molecule has 0 heterocycles. The van der Waals surface area contributed by atoms with Gasteiger partial charge in [-0.05, 0) is 142 Å². The van der Waals surface area contributed by atoms with Crippen molar-refractivity contribution in [1.29, 1.82) is 0 Å². The van der Waals surface area contributed by atoms with E-state index in [0.29, 0.717) is 23.7 Å². The maximum Gasteiger partial charge on any atom is 0.306 e. The number of carbonyl (C=O) groups is 1. The zero-order chi connectivity index (χ0) is 34.7. The van der Waals surface area contributed by atoms with Gasteiger partial charge in [0, 0.05) is 0 Å². The molecule has 2 N–H and O–H groups in total. The predicted octanol–water partition coefficient (Wildman–Crippen LogP) is 13.0. The van der Waals surface area contributed by atoms with E-state index in [-0.39, 0.29) is 23.4 Å². The first-order valence-corrected chi connectivity index (χ1v) is 21.6. The second kappa shape index (κ2) is 19.1.